The van der Waals surface area contributed by atoms with Gasteiger partial charge in [0.2, 0.25) is 0 Å². The van der Waals surface area contributed by atoms with E-state index in [0.717, 1.165) is 38.9 Å². The summed E-state index contributed by atoms with van der Waals surface area (Å²) in [4.78, 5) is 51.3. The molecule has 0 atom stereocenters. The Morgan fingerprint density at radius 2 is 1.19 bits per heavy atom. The van der Waals surface area contributed by atoms with Gasteiger partial charge in [0.25, 0.3) is 5.69 Å². The quantitative estimate of drug-likeness (QED) is 0.0917. The first-order valence-electron chi connectivity index (χ1n) is 14.8. The average molecular weight is 645 g/mol. The number of methoxy groups -OCH3 is 2. The number of pyridine rings is 4. The fourth-order valence-corrected chi connectivity index (χ4v) is 5.25. The van der Waals surface area contributed by atoms with E-state index in [9.17, 15) is 19.7 Å². The number of hydrogen-bond acceptors (Lipinski definition) is 11. The highest BCUT2D eigenvalue weighted by atomic mass is 16.6. The highest BCUT2D eigenvalue weighted by molar-refractivity contribution is 5.91. The topological polar surface area (TPSA) is 173 Å². The molecule has 12 nitrogen and oxygen atoms in total. The SMILES string of the molecule is COC(=O)c1ccnc(Cc2cc(N)c3ncc(C)cc3c2)c1.COC(=O)c1ccnc(Cc2cc([N+](=O)[O-])c3ncc(C)cc3c2)c1. The van der Waals surface area contributed by atoms with Gasteiger partial charge < -0.3 is 15.2 Å². The Morgan fingerprint density at radius 3 is 1.69 bits per heavy atom. The normalized spacial score (nSPS) is 10.7. The van der Waals surface area contributed by atoms with Crippen LogP contribution in [-0.4, -0.2) is 51.0 Å². The Balaban J connectivity index is 0.000000188. The number of carbonyl (C=O) groups excluding carboxylic acids is 2. The van der Waals surface area contributed by atoms with Crippen molar-refractivity contribution in [3.8, 4) is 0 Å². The van der Waals surface area contributed by atoms with Crippen molar-refractivity contribution in [3.63, 3.8) is 0 Å². The Labute approximate surface area is 275 Å². The number of nitrogens with zero attached hydrogens (tertiary/aromatic N) is 5. The molecule has 12 heteroatoms. The molecule has 0 spiro atoms. The second kappa shape index (κ2) is 14.4. The number of anilines is 1. The largest absolute Gasteiger partial charge is 0.465 e. The molecule has 242 valence electrons. The molecule has 4 aromatic heterocycles. The zero-order valence-electron chi connectivity index (χ0n) is 26.8. The highest BCUT2D eigenvalue weighted by Crippen LogP contribution is 2.28. The molecule has 0 aliphatic rings. The fourth-order valence-electron chi connectivity index (χ4n) is 5.25. The Bertz CT molecular complexity index is 2190. The van der Waals surface area contributed by atoms with Crippen LogP contribution in [0.25, 0.3) is 21.8 Å². The lowest BCUT2D eigenvalue weighted by molar-refractivity contribution is -0.383. The van der Waals surface area contributed by atoms with Crippen LogP contribution in [0.2, 0.25) is 0 Å². The lowest BCUT2D eigenvalue weighted by Crippen LogP contribution is -2.03. The second-order valence-electron chi connectivity index (χ2n) is 11.1. The third-order valence-corrected chi connectivity index (χ3v) is 7.41. The number of fused-ring (bicyclic) bond motifs is 2. The molecule has 2 N–H and O–H groups in total. The molecule has 0 amide bonds. The minimum absolute atomic E-state index is 0.0448. The van der Waals surface area contributed by atoms with Crippen LogP contribution in [0, 0.1) is 24.0 Å². The van der Waals surface area contributed by atoms with Gasteiger partial charge in [-0.15, -0.1) is 0 Å². The number of rotatable bonds is 7. The van der Waals surface area contributed by atoms with E-state index >= 15 is 0 Å². The van der Waals surface area contributed by atoms with Crippen molar-refractivity contribution in [1.82, 2.24) is 19.9 Å². The molecule has 0 aliphatic carbocycles. The smallest absolute Gasteiger partial charge is 0.337 e. The van der Waals surface area contributed by atoms with E-state index in [1.54, 1.807) is 42.9 Å². The number of nitrogen functional groups attached to an aromatic ring is 1. The van der Waals surface area contributed by atoms with Crippen LogP contribution in [0.3, 0.4) is 0 Å². The number of non-ortho nitro benzene ring substituents is 1. The molecule has 48 heavy (non-hydrogen) atoms. The molecule has 6 rings (SSSR count). The molecule has 0 saturated carbocycles. The summed E-state index contributed by atoms with van der Waals surface area (Å²) in [6.45, 7) is 3.88. The number of hydrogen-bond donors (Lipinski definition) is 1. The monoisotopic (exact) mass is 644 g/mol. The molecule has 0 unspecified atom stereocenters. The van der Waals surface area contributed by atoms with Crippen molar-refractivity contribution in [3.05, 3.63) is 140 Å². The molecule has 0 radical (unpaired) electrons. The zero-order valence-corrected chi connectivity index (χ0v) is 26.8. The molecule has 4 heterocycles. The lowest BCUT2D eigenvalue weighted by Gasteiger charge is -2.08. The Morgan fingerprint density at radius 1 is 0.708 bits per heavy atom. The van der Waals surface area contributed by atoms with E-state index in [0.29, 0.717) is 46.3 Å². The first kappa shape index (κ1) is 33.1. The fraction of sp³-hybridized carbons (Fsp3) is 0.167. The summed E-state index contributed by atoms with van der Waals surface area (Å²) in [6.07, 6.45) is 7.48. The number of esters is 2. The van der Waals surface area contributed by atoms with Crippen molar-refractivity contribution in [2.75, 3.05) is 20.0 Å². The molecule has 0 fully saturated rings. The van der Waals surface area contributed by atoms with Gasteiger partial charge in [-0.05, 0) is 90.7 Å². The van der Waals surface area contributed by atoms with Crippen molar-refractivity contribution >= 4 is 45.1 Å². The number of ether oxygens (including phenoxy) is 2. The number of nitrogens with two attached hydrogens (primary N) is 1. The minimum atomic E-state index is -0.451. The second-order valence-corrected chi connectivity index (χ2v) is 11.1. The summed E-state index contributed by atoms with van der Waals surface area (Å²) in [5, 5.41) is 13.1. The van der Waals surface area contributed by atoms with E-state index in [-0.39, 0.29) is 11.7 Å². The van der Waals surface area contributed by atoms with Crippen molar-refractivity contribution < 1.29 is 24.0 Å². The molecular weight excluding hydrogens is 612 g/mol. The molecule has 2 aromatic carbocycles. The first-order valence-corrected chi connectivity index (χ1v) is 14.8. The average Bonchev–Trinajstić information content (AvgIpc) is 3.07. The van der Waals surface area contributed by atoms with E-state index < -0.39 is 10.9 Å². The van der Waals surface area contributed by atoms with Crippen LogP contribution in [0.15, 0.2) is 85.5 Å². The minimum Gasteiger partial charge on any atom is -0.465 e. The summed E-state index contributed by atoms with van der Waals surface area (Å²) >= 11 is 0. The van der Waals surface area contributed by atoms with Crippen LogP contribution in [-0.2, 0) is 22.3 Å². The van der Waals surface area contributed by atoms with Crippen LogP contribution < -0.4 is 5.73 Å². The molecule has 0 aliphatic heterocycles. The van der Waals surface area contributed by atoms with Crippen LogP contribution in [0.4, 0.5) is 11.4 Å². The Kier molecular flexibility index (Phi) is 9.94. The third kappa shape index (κ3) is 7.73. The van der Waals surface area contributed by atoms with Gasteiger partial charge in [0, 0.05) is 65.9 Å². The highest BCUT2D eigenvalue weighted by Gasteiger charge is 2.16. The van der Waals surface area contributed by atoms with Crippen molar-refractivity contribution in [2.45, 2.75) is 26.7 Å². The van der Waals surface area contributed by atoms with Crippen LogP contribution >= 0.6 is 0 Å². The molecule has 0 bridgehead atoms. The van der Waals surface area contributed by atoms with Gasteiger partial charge in [0.05, 0.1) is 41.5 Å². The number of aryl methyl sites for hydroxylation is 2. The first-order chi connectivity index (χ1) is 23.0. The van der Waals surface area contributed by atoms with Crippen LogP contribution in [0.5, 0.6) is 0 Å². The number of benzene rings is 2. The molecular formula is C36H32N6O6. The van der Waals surface area contributed by atoms with E-state index in [2.05, 4.69) is 32.1 Å². The number of aromatic nitrogens is 4. The maximum atomic E-state index is 11.6. The van der Waals surface area contributed by atoms with Crippen molar-refractivity contribution in [2.24, 2.45) is 0 Å². The van der Waals surface area contributed by atoms with Gasteiger partial charge in [-0.3, -0.25) is 25.1 Å². The van der Waals surface area contributed by atoms with Gasteiger partial charge in [0.15, 0.2) is 0 Å². The van der Waals surface area contributed by atoms with Crippen LogP contribution in [0.1, 0.15) is 54.4 Å². The summed E-state index contributed by atoms with van der Waals surface area (Å²) < 4.78 is 9.44. The van der Waals surface area contributed by atoms with Gasteiger partial charge >= 0.3 is 11.9 Å². The third-order valence-electron chi connectivity index (χ3n) is 7.41. The molecule has 6 aromatic rings. The summed E-state index contributed by atoms with van der Waals surface area (Å²) in [5.41, 5.74) is 13.9. The Hall–Kier alpha value is -6.30. The predicted molar refractivity (Wildman–Crippen MR) is 181 cm³/mol. The van der Waals surface area contributed by atoms with E-state index in [1.807, 2.05) is 32.0 Å². The van der Waals surface area contributed by atoms with Gasteiger partial charge in [-0.25, -0.2) is 14.6 Å². The van der Waals surface area contributed by atoms with Gasteiger partial charge in [-0.2, -0.15) is 0 Å². The van der Waals surface area contributed by atoms with E-state index in [1.165, 1.54) is 26.5 Å². The summed E-state index contributed by atoms with van der Waals surface area (Å²) in [7, 11) is 2.67. The lowest BCUT2D eigenvalue weighted by atomic mass is 10.0. The molecule has 0 saturated heterocycles. The number of nitro benzene ring substituents is 1. The summed E-state index contributed by atoms with van der Waals surface area (Å²) in [5.74, 6) is -0.820. The summed E-state index contributed by atoms with van der Waals surface area (Å²) in [6, 6.07) is 17.8. The number of nitro groups is 1. The van der Waals surface area contributed by atoms with Gasteiger partial charge in [0.1, 0.15) is 5.52 Å². The van der Waals surface area contributed by atoms with Crippen molar-refractivity contribution in [1.29, 1.82) is 0 Å². The maximum absolute atomic E-state index is 11.6. The standard InChI is InChI=1S/C18H15N3O4.C18H17N3O2/c1-11-5-14-6-12(8-16(21(23)24)17(14)20-10-11)7-15-9-13(3-4-19-15)18(22)25-2;1-11-5-14-6-12(8-16(19)17(14)21-10-11)7-15-9-13(3-4-20-15)18(22)23-2/h3-6,8-10H,7H2,1-2H3;3-6,8-10H,7,19H2,1-2H3. The predicted octanol–water partition coefficient (Wildman–Crippen LogP) is 6.12. The number of carbonyl (C=O) groups is 2. The van der Waals surface area contributed by atoms with Gasteiger partial charge in [-0.1, -0.05) is 0 Å². The zero-order chi connectivity index (χ0) is 34.4. The maximum Gasteiger partial charge on any atom is 0.337 e. The van der Waals surface area contributed by atoms with E-state index in [4.69, 9.17) is 15.2 Å².